The highest BCUT2D eigenvalue weighted by Crippen LogP contribution is 2.17. The zero-order chi connectivity index (χ0) is 15.3. The van der Waals surface area contributed by atoms with Crippen molar-refractivity contribution >= 4 is 11.6 Å². The molecule has 0 aliphatic rings. The minimum Gasteiger partial charge on any atom is -0.360 e. The average Bonchev–Trinajstić information content (AvgIpc) is 2.34. The first kappa shape index (κ1) is 16.5. The van der Waals surface area contributed by atoms with Crippen LogP contribution in [-0.4, -0.2) is 24.0 Å². The van der Waals surface area contributed by atoms with E-state index in [1.165, 1.54) is 0 Å². The monoisotopic (exact) mass is 277 g/mol. The number of nitrogens with one attached hydrogen (secondary N) is 1. The minimum atomic E-state index is -0.205. The lowest BCUT2D eigenvalue weighted by Crippen LogP contribution is -2.47. The molecular weight excluding hydrogens is 250 g/mol. The molecule has 0 heterocycles. The standard InChI is InChI=1S/C16H27N3O/c1-12(2)19(11-15(20)18-16(3,4)5)14-8-6-13(10-17)7-9-14/h6-9,12H,10-11,17H2,1-5H3,(H,18,20). The van der Waals surface area contributed by atoms with E-state index in [2.05, 4.69) is 24.1 Å². The fourth-order valence-corrected chi connectivity index (χ4v) is 2.01. The molecule has 20 heavy (non-hydrogen) atoms. The number of hydrogen-bond acceptors (Lipinski definition) is 3. The molecule has 0 atom stereocenters. The Morgan fingerprint density at radius 3 is 2.20 bits per heavy atom. The van der Waals surface area contributed by atoms with Crippen molar-refractivity contribution in [2.24, 2.45) is 5.73 Å². The van der Waals surface area contributed by atoms with Gasteiger partial charge in [0.2, 0.25) is 5.91 Å². The van der Waals surface area contributed by atoms with Gasteiger partial charge >= 0.3 is 0 Å². The molecule has 0 saturated heterocycles. The molecule has 1 amide bonds. The van der Waals surface area contributed by atoms with Crippen LogP contribution < -0.4 is 16.0 Å². The molecule has 1 aromatic carbocycles. The number of benzene rings is 1. The first-order valence-corrected chi connectivity index (χ1v) is 7.09. The summed E-state index contributed by atoms with van der Waals surface area (Å²) in [6, 6.07) is 8.31. The maximum Gasteiger partial charge on any atom is 0.239 e. The van der Waals surface area contributed by atoms with Gasteiger partial charge in [-0.2, -0.15) is 0 Å². The summed E-state index contributed by atoms with van der Waals surface area (Å²) in [7, 11) is 0. The summed E-state index contributed by atoms with van der Waals surface area (Å²) in [5, 5.41) is 3.00. The van der Waals surface area contributed by atoms with Gasteiger partial charge in [0.05, 0.1) is 6.54 Å². The number of nitrogens with zero attached hydrogens (tertiary/aromatic N) is 1. The van der Waals surface area contributed by atoms with E-state index in [4.69, 9.17) is 5.73 Å². The topological polar surface area (TPSA) is 58.4 Å². The fourth-order valence-electron chi connectivity index (χ4n) is 2.01. The molecule has 1 rings (SSSR count). The second kappa shape index (κ2) is 6.75. The molecule has 0 bridgehead atoms. The van der Waals surface area contributed by atoms with Gasteiger partial charge < -0.3 is 16.0 Å². The van der Waals surface area contributed by atoms with Gasteiger partial charge in [-0.05, 0) is 52.3 Å². The first-order valence-electron chi connectivity index (χ1n) is 7.09. The van der Waals surface area contributed by atoms with Gasteiger partial charge in [0.15, 0.2) is 0 Å². The van der Waals surface area contributed by atoms with Gasteiger partial charge in [-0.1, -0.05) is 12.1 Å². The largest absolute Gasteiger partial charge is 0.360 e. The molecule has 0 fully saturated rings. The second-order valence-electron chi connectivity index (χ2n) is 6.39. The maximum atomic E-state index is 12.1. The van der Waals surface area contributed by atoms with E-state index in [-0.39, 0.29) is 17.5 Å². The van der Waals surface area contributed by atoms with Crippen molar-refractivity contribution < 1.29 is 4.79 Å². The van der Waals surface area contributed by atoms with E-state index < -0.39 is 0 Å². The van der Waals surface area contributed by atoms with E-state index in [1.54, 1.807) is 0 Å². The smallest absolute Gasteiger partial charge is 0.239 e. The lowest BCUT2D eigenvalue weighted by Gasteiger charge is -2.30. The summed E-state index contributed by atoms with van der Waals surface area (Å²) in [5.41, 5.74) is 7.54. The van der Waals surface area contributed by atoms with Crippen molar-refractivity contribution in [3.63, 3.8) is 0 Å². The molecule has 0 radical (unpaired) electrons. The van der Waals surface area contributed by atoms with Crippen LogP contribution >= 0.6 is 0 Å². The maximum absolute atomic E-state index is 12.1. The Labute approximate surface area is 122 Å². The number of carbonyl (C=O) groups excluding carboxylic acids is 1. The molecule has 0 aliphatic heterocycles. The van der Waals surface area contributed by atoms with Crippen LogP contribution in [0.15, 0.2) is 24.3 Å². The Kier molecular flexibility index (Phi) is 5.57. The average molecular weight is 277 g/mol. The first-order chi connectivity index (χ1) is 9.23. The van der Waals surface area contributed by atoms with E-state index in [0.29, 0.717) is 13.1 Å². The molecule has 0 unspecified atom stereocenters. The van der Waals surface area contributed by atoms with Crippen LogP contribution in [0.3, 0.4) is 0 Å². The zero-order valence-corrected chi connectivity index (χ0v) is 13.2. The number of hydrogen-bond donors (Lipinski definition) is 2. The fraction of sp³-hybridized carbons (Fsp3) is 0.562. The summed E-state index contributed by atoms with van der Waals surface area (Å²) < 4.78 is 0. The van der Waals surface area contributed by atoms with Gasteiger partial charge in [-0.15, -0.1) is 0 Å². The summed E-state index contributed by atoms with van der Waals surface area (Å²) in [6.45, 7) is 11.0. The Morgan fingerprint density at radius 1 is 1.25 bits per heavy atom. The lowest BCUT2D eigenvalue weighted by atomic mass is 10.1. The summed E-state index contributed by atoms with van der Waals surface area (Å²) in [6.07, 6.45) is 0. The van der Waals surface area contributed by atoms with Crippen LogP contribution in [-0.2, 0) is 11.3 Å². The van der Waals surface area contributed by atoms with E-state index in [9.17, 15) is 4.79 Å². The predicted molar refractivity (Wildman–Crippen MR) is 84.7 cm³/mol. The van der Waals surface area contributed by atoms with Crippen LogP contribution in [0.25, 0.3) is 0 Å². The zero-order valence-electron chi connectivity index (χ0n) is 13.2. The van der Waals surface area contributed by atoms with Crippen LogP contribution in [0.5, 0.6) is 0 Å². The molecule has 3 N–H and O–H groups in total. The Hall–Kier alpha value is -1.55. The third-order valence-corrected chi connectivity index (χ3v) is 2.96. The molecule has 1 aromatic rings. The molecule has 4 nitrogen and oxygen atoms in total. The Morgan fingerprint density at radius 2 is 1.80 bits per heavy atom. The number of amides is 1. The number of nitrogens with two attached hydrogens (primary N) is 1. The van der Waals surface area contributed by atoms with E-state index in [1.807, 2.05) is 45.0 Å². The minimum absolute atomic E-state index is 0.0362. The number of anilines is 1. The Bertz CT molecular complexity index is 432. The molecule has 0 spiro atoms. The van der Waals surface area contributed by atoms with Gasteiger partial charge in [0, 0.05) is 23.8 Å². The second-order valence-corrected chi connectivity index (χ2v) is 6.39. The third-order valence-electron chi connectivity index (χ3n) is 2.96. The van der Waals surface area contributed by atoms with Crippen molar-refractivity contribution in [3.05, 3.63) is 29.8 Å². The van der Waals surface area contributed by atoms with Crippen LogP contribution in [0.1, 0.15) is 40.2 Å². The SMILES string of the molecule is CC(C)N(CC(=O)NC(C)(C)C)c1ccc(CN)cc1. The van der Waals surface area contributed by atoms with Crippen LogP contribution in [0.2, 0.25) is 0 Å². The van der Waals surface area contributed by atoms with E-state index in [0.717, 1.165) is 11.3 Å². The summed E-state index contributed by atoms with van der Waals surface area (Å²) in [5.74, 6) is 0.0362. The molecule has 0 aliphatic carbocycles. The predicted octanol–water partition coefficient (Wildman–Crippen LogP) is 2.27. The molecule has 0 saturated carbocycles. The molecule has 0 aromatic heterocycles. The number of carbonyl (C=O) groups is 1. The quantitative estimate of drug-likeness (QED) is 0.868. The highest BCUT2D eigenvalue weighted by molar-refractivity contribution is 5.82. The molecular formula is C16H27N3O. The van der Waals surface area contributed by atoms with Crippen molar-refractivity contribution in [2.75, 3.05) is 11.4 Å². The summed E-state index contributed by atoms with van der Waals surface area (Å²) in [4.78, 5) is 14.2. The van der Waals surface area contributed by atoms with Gasteiger partial charge in [-0.25, -0.2) is 0 Å². The summed E-state index contributed by atoms with van der Waals surface area (Å²) >= 11 is 0. The van der Waals surface area contributed by atoms with Crippen molar-refractivity contribution in [1.29, 1.82) is 0 Å². The van der Waals surface area contributed by atoms with E-state index >= 15 is 0 Å². The van der Waals surface area contributed by atoms with Gasteiger partial charge in [0.25, 0.3) is 0 Å². The van der Waals surface area contributed by atoms with Crippen molar-refractivity contribution in [2.45, 2.75) is 52.7 Å². The highest BCUT2D eigenvalue weighted by Gasteiger charge is 2.18. The molecule has 112 valence electrons. The normalized spacial score (nSPS) is 11.6. The number of rotatable bonds is 5. The van der Waals surface area contributed by atoms with Gasteiger partial charge in [0.1, 0.15) is 0 Å². The third kappa shape index (κ3) is 5.21. The van der Waals surface area contributed by atoms with Crippen LogP contribution in [0.4, 0.5) is 5.69 Å². The highest BCUT2D eigenvalue weighted by atomic mass is 16.2. The van der Waals surface area contributed by atoms with Gasteiger partial charge in [-0.3, -0.25) is 4.79 Å². The Balaban J connectivity index is 2.81. The van der Waals surface area contributed by atoms with Crippen LogP contribution in [0, 0.1) is 0 Å². The van der Waals surface area contributed by atoms with Crippen molar-refractivity contribution in [1.82, 2.24) is 5.32 Å². The molecule has 4 heteroatoms. The lowest BCUT2D eigenvalue weighted by molar-refractivity contribution is -0.121. The van der Waals surface area contributed by atoms with Crippen molar-refractivity contribution in [3.8, 4) is 0 Å².